The van der Waals surface area contributed by atoms with Crippen LogP contribution in [0, 0.1) is 6.92 Å². The van der Waals surface area contributed by atoms with Gasteiger partial charge in [0.15, 0.2) is 0 Å². The Kier molecular flexibility index (Phi) is 3.48. The average molecular weight is 278 g/mol. The van der Waals surface area contributed by atoms with E-state index in [2.05, 4.69) is 24.0 Å². The lowest BCUT2D eigenvalue weighted by molar-refractivity contribution is 0.434. The fourth-order valence-electron chi connectivity index (χ4n) is 2.56. The van der Waals surface area contributed by atoms with Crippen LogP contribution < -0.4 is 0 Å². The molecule has 0 aliphatic heterocycles. The first-order valence-corrected chi connectivity index (χ1v) is 6.99. The molecule has 0 bridgehead atoms. The Bertz CT molecular complexity index is 815. The van der Waals surface area contributed by atoms with Gasteiger partial charge in [-0.1, -0.05) is 42.5 Å². The van der Waals surface area contributed by atoms with Gasteiger partial charge in [0, 0.05) is 18.6 Å². The molecular formula is C18H18N2O. The predicted octanol–water partition coefficient (Wildman–Crippen LogP) is 3.81. The second-order valence-electron chi connectivity index (χ2n) is 5.21. The Morgan fingerprint density at radius 3 is 2.62 bits per heavy atom. The number of hydrogen-bond donors (Lipinski definition) is 1. The number of rotatable bonds is 3. The van der Waals surface area contributed by atoms with Crippen molar-refractivity contribution in [3.63, 3.8) is 0 Å². The van der Waals surface area contributed by atoms with Crippen molar-refractivity contribution in [1.82, 2.24) is 4.57 Å². The molecule has 0 aliphatic carbocycles. The van der Waals surface area contributed by atoms with Crippen molar-refractivity contribution in [3.05, 3.63) is 65.2 Å². The fraction of sp³-hybridized carbons (Fsp3) is 0.167. The lowest BCUT2D eigenvalue weighted by Gasteiger charge is -2.00. The molecule has 2 aromatic carbocycles. The number of aryl methyl sites for hydroxylation is 2. The second-order valence-corrected chi connectivity index (χ2v) is 5.21. The maximum Gasteiger partial charge on any atom is 0.200 e. The summed E-state index contributed by atoms with van der Waals surface area (Å²) in [5.74, 6) is 0.254. The van der Waals surface area contributed by atoms with Crippen LogP contribution in [0.3, 0.4) is 0 Å². The van der Waals surface area contributed by atoms with E-state index in [1.54, 1.807) is 10.8 Å². The summed E-state index contributed by atoms with van der Waals surface area (Å²) < 4.78 is 1.78. The molecule has 0 saturated carbocycles. The minimum Gasteiger partial charge on any atom is -0.494 e. The van der Waals surface area contributed by atoms with Crippen molar-refractivity contribution >= 4 is 17.1 Å². The first-order chi connectivity index (χ1) is 10.2. The molecule has 0 amide bonds. The summed E-state index contributed by atoms with van der Waals surface area (Å²) in [7, 11) is 1.86. The van der Waals surface area contributed by atoms with Gasteiger partial charge in [-0.25, -0.2) is 0 Å². The maximum absolute atomic E-state index is 10.2. The van der Waals surface area contributed by atoms with Crippen LogP contribution in [-0.2, 0) is 13.6 Å². The lowest BCUT2D eigenvalue weighted by Crippen LogP contribution is -1.88. The van der Waals surface area contributed by atoms with Gasteiger partial charge in [-0.05, 0) is 24.1 Å². The third-order valence-electron chi connectivity index (χ3n) is 3.86. The standard InChI is InChI=1S/C18H18N2O/c1-13-7-3-4-8-14(13)11-19-12-16-15-9-5-6-10-17(15)20(2)18(16)21/h3-10,12,21H,11H2,1-2H3. The number of nitrogens with zero attached hydrogens (tertiary/aromatic N) is 2. The van der Waals surface area contributed by atoms with Crippen molar-refractivity contribution in [2.45, 2.75) is 13.5 Å². The SMILES string of the molecule is Cc1ccccc1CN=Cc1c(O)n(C)c2ccccc12. The molecule has 0 aliphatic rings. The minimum atomic E-state index is 0.254. The summed E-state index contributed by atoms with van der Waals surface area (Å²) in [6, 6.07) is 16.1. The average Bonchev–Trinajstić information content (AvgIpc) is 2.74. The van der Waals surface area contributed by atoms with E-state index in [9.17, 15) is 5.11 Å². The first-order valence-electron chi connectivity index (χ1n) is 6.99. The van der Waals surface area contributed by atoms with E-state index < -0.39 is 0 Å². The molecule has 0 unspecified atom stereocenters. The highest BCUT2D eigenvalue weighted by Crippen LogP contribution is 2.28. The Hall–Kier alpha value is -2.55. The summed E-state index contributed by atoms with van der Waals surface area (Å²) >= 11 is 0. The first kappa shape index (κ1) is 13.4. The van der Waals surface area contributed by atoms with Crippen molar-refractivity contribution in [2.75, 3.05) is 0 Å². The van der Waals surface area contributed by atoms with E-state index in [4.69, 9.17) is 0 Å². The Morgan fingerprint density at radius 2 is 1.81 bits per heavy atom. The lowest BCUT2D eigenvalue weighted by atomic mass is 10.1. The van der Waals surface area contributed by atoms with E-state index in [0.29, 0.717) is 6.54 Å². The largest absolute Gasteiger partial charge is 0.494 e. The number of aliphatic imine (C=N–C) groups is 1. The van der Waals surface area contributed by atoms with Crippen molar-refractivity contribution in [1.29, 1.82) is 0 Å². The predicted molar refractivity (Wildman–Crippen MR) is 87.1 cm³/mol. The fourth-order valence-corrected chi connectivity index (χ4v) is 2.56. The summed E-state index contributed by atoms with van der Waals surface area (Å²) in [6.07, 6.45) is 1.77. The molecule has 3 rings (SSSR count). The zero-order valence-electron chi connectivity index (χ0n) is 12.2. The van der Waals surface area contributed by atoms with E-state index in [-0.39, 0.29) is 5.88 Å². The van der Waals surface area contributed by atoms with Gasteiger partial charge in [-0.3, -0.25) is 4.99 Å². The molecule has 3 nitrogen and oxygen atoms in total. The molecule has 106 valence electrons. The van der Waals surface area contributed by atoms with Gasteiger partial charge < -0.3 is 9.67 Å². The van der Waals surface area contributed by atoms with Crippen LogP contribution in [0.15, 0.2) is 53.5 Å². The normalized spacial score (nSPS) is 11.5. The van der Waals surface area contributed by atoms with Crippen molar-refractivity contribution < 1.29 is 5.11 Å². The van der Waals surface area contributed by atoms with Gasteiger partial charge in [-0.15, -0.1) is 0 Å². The molecule has 21 heavy (non-hydrogen) atoms. The second kappa shape index (κ2) is 5.44. The van der Waals surface area contributed by atoms with E-state index in [1.165, 1.54) is 11.1 Å². The molecule has 0 radical (unpaired) electrons. The van der Waals surface area contributed by atoms with E-state index in [0.717, 1.165) is 16.5 Å². The highest BCUT2D eigenvalue weighted by atomic mass is 16.3. The van der Waals surface area contributed by atoms with Crippen LogP contribution in [0.25, 0.3) is 10.9 Å². The van der Waals surface area contributed by atoms with Gasteiger partial charge in [0.2, 0.25) is 5.88 Å². The van der Waals surface area contributed by atoms with Gasteiger partial charge in [-0.2, -0.15) is 0 Å². The summed E-state index contributed by atoms with van der Waals surface area (Å²) in [5, 5.41) is 11.3. The van der Waals surface area contributed by atoms with Gasteiger partial charge >= 0.3 is 0 Å². The van der Waals surface area contributed by atoms with Gasteiger partial charge in [0.1, 0.15) is 0 Å². The number of benzene rings is 2. The molecule has 0 atom stereocenters. The number of aromatic nitrogens is 1. The van der Waals surface area contributed by atoms with Crippen LogP contribution in [-0.4, -0.2) is 15.9 Å². The molecule has 0 spiro atoms. The van der Waals surface area contributed by atoms with E-state index >= 15 is 0 Å². The summed E-state index contributed by atoms with van der Waals surface area (Å²) in [5.41, 5.74) is 4.22. The summed E-state index contributed by atoms with van der Waals surface area (Å²) in [4.78, 5) is 4.50. The zero-order valence-corrected chi connectivity index (χ0v) is 12.2. The Balaban J connectivity index is 1.94. The Labute approximate surface area is 124 Å². The maximum atomic E-state index is 10.2. The topological polar surface area (TPSA) is 37.5 Å². The third kappa shape index (κ3) is 2.42. The highest BCUT2D eigenvalue weighted by Gasteiger charge is 2.11. The molecular weight excluding hydrogens is 260 g/mol. The quantitative estimate of drug-likeness (QED) is 0.727. The molecule has 3 aromatic rings. The van der Waals surface area contributed by atoms with Crippen LogP contribution in [0.2, 0.25) is 0 Å². The molecule has 1 aromatic heterocycles. The van der Waals surface area contributed by atoms with E-state index in [1.807, 2.05) is 43.4 Å². The molecule has 3 heteroatoms. The van der Waals surface area contributed by atoms with Crippen LogP contribution >= 0.6 is 0 Å². The highest BCUT2D eigenvalue weighted by molar-refractivity contribution is 6.02. The number of aromatic hydroxyl groups is 1. The number of para-hydroxylation sites is 1. The monoisotopic (exact) mass is 278 g/mol. The smallest absolute Gasteiger partial charge is 0.200 e. The van der Waals surface area contributed by atoms with Crippen LogP contribution in [0.1, 0.15) is 16.7 Å². The van der Waals surface area contributed by atoms with Crippen LogP contribution in [0.4, 0.5) is 0 Å². The number of hydrogen-bond acceptors (Lipinski definition) is 2. The van der Waals surface area contributed by atoms with Gasteiger partial charge in [0.25, 0.3) is 0 Å². The van der Waals surface area contributed by atoms with Crippen molar-refractivity contribution in [2.24, 2.45) is 12.0 Å². The molecule has 0 saturated heterocycles. The van der Waals surface area contributed by atoms with Gasteiger partial charge in [0.05, 0.1) is 17.6 Å². The number of fused-ring (bicyclic) bond motifs is 1. The zero-order chi connectivity index (χ0) is 14.8. The molecule has 1 N–H and O–H groups in total. The Morgan fingerprint density at radius 1 is 1.10 bits per heavy atom. The summed E-state index contributed by atoms with van der Waals surface area (Å²) in [6.45, 7) is 2.70. The van der Waals surface area contributed by atoms with Crippen LogP contribution in [0.5, 0.6) is 5.88 Å². The third-order valence-corrected chi connectivity index (χ3v) is 3.86. The minimum absolute atomic E-state index is 0.254. The van der Waals surface area contributed by atoms with Crippen molar-refractivity contribution in [3.8, 4) is 5.88 Å². The molecule has 0 fully saturated rings. The molecule has 1 heterocycles.